The first kappa shape index (κ1) is 15.5. The maximum Gasteiger partial charge on any atom is 0.267 e. The summed E-state index contributed by atoms with van der Waals surface area (Å²) in [6.45, 7) is 0. The average molecular weight is 297 g/mol. The van der Waals surface area contributed by atoms with Gasteiger partial charge in [0.2, 0.25) is 0 Å². The Morgan fingerprint density at radius 1 is 1.21 bits per heavy atom. The zero-order valence-corrected chi connectivity index (χ0v) is 11.6. The molecule has 0 saturated carbocycles. The monoisotopic (exact) mass is 296 g/mol. The largest absolute Gasteiger partial charge is 0.611 e. The standard InChI is InChI=1S/C13H12N2O2S.ClH/c14-13(16)9-18(17)12-4-2-1-3-11(12)10-5-7-15-8-6-10;/h1-8H,9H2,(H2,14,16);1H. The van der Waals surface area contributed by atoms with Gasteiger partial charge in [0.25, 0.3) is 5.91 Å². The predicted octanol–water partition coefficient (Wildman–Crippen LogP) is 1.76. The van der Waals surface area contributed by atoms with E-state index < -0.39 is 17.1 Å². The molecule has 0 spiro atoms. The lowest BCUT2D eigenvalue weighted by molar-refractivity contribution is -0.115. The number of hydrogen-bond acceptors (Lipinski definition) is 3. The van der Waals surface area contributed by atoms with E-state index in [0.717, 1.165) is 11.1 Å². The molecule has 1 atom stereocenters. The van der Waals surface area contributed by atoms with Crippen LogP contribution in [0.3, 0.4) is 0 Å². The van der Waals surface area contributed by atoms with Crippen LogP contribution in [0.25, 0.3) is 11.1 Å². The molecule has 6 heteroatoms. The number of primary amides is 1. The van der Waals surface area contributed by atoms with Gasteiger partial charge in [-0.05, 0) is 41.0 Å². The number of amides is 1. The van der Waals surface area contributed by atoms with E-state index in [1.807, 2.05) is 24.3 Å². The lowest BCUT2D eigenvalue weighted by Crippen LogP contribution is -2.23. The number of nitrogens with zero attached hydrogens (tertiary/aromatic N) is 1. The highest BCUT2D eigenvalue weighted by Crippen LogP contribution is 2.27. The van der Waals surface area contributed by atoms with Crippen molar-refractivity contribution in [2.24, 2.45) is 5.73 Å². The van der Waals surface area contributed by atoms with E-state index in [9.17, 15) is 9.35 Å². The number of carbonyl (C=O) groups excluding carboxylic acids is 1. The fourth-order valence-corrected chi connectivity index (χ4v) is 2.72. The van der Waals surface area contributed by atoms with Crippen molar-refractivity contribution in [2.75, 3.05) is 5.75 Å². The molecule has 0 saturated heterocycles. The van der Waals surface area contributed by atoms with Crippen molar-refractivity contribution in [1.29, 1.82) is 0 Å². The molecule has 1 unspecified atom stereocenters. The highest BCUT2D eigenvalue weighted by atomic mass is 35.5. The molecule has 1 aromatic carbocycles. The summed E-state index contributed by atoms with van der Waals surface area (Å²) in [4.78, 5) is 15.4. The molecule has 0 radical (unpaired) electrons. The smallest absolute Gasteiger partial charge is 0.267 e. The van der Waals surface area contributed by atoms with Crippen LogP contribution in [0.15, 0.2) is 53.7 Å². The summed E-state index contributed by atoms with van der Waals surface area (Å²) in [7, 11) is 0. The summed E-state index contributed by atoms with van der Waals surface area (Å²) in [6, 6.07) is 10.9. The van der Waals surface area contributed by atoms with E-state index in [4.69, 9.17) is 5.73 Å². The summed E-state index contributed by atoms with van der Waals surface area (Å²) in [5, 5.41) is 0. The SMILES string of the molecule is Cl.NC(=O)C[S+]([O-])c1ccccc1-c1ccncc1. The van der Waals surface area contributed by atoms with Gasteiger partial charge in [-0.3, -0.25) is 9.78 Å². The van der Waals surface area contributed by atoms with Gasteiger partial charge < -0.3 is 10.3 Å². The third kappa shape index (κ3) is 3.96. The van der Waals surface area contributed by atoms with Gasteiger partial charge in [-0.15, -0.1) is 12.4 Å². The fraction of sp³-hybridized carbons (Fsp3) is 0.0769. The van der Waals surface area contributed by atoms with Crippen molar-refractivity contribution >= 4 is 29.5 Å². The molecule has 1 aromatic heterocycles. The van der Waals surface area contributed by atoms with Gasteiger partial charge in [0.05, 0.1) is 0 Å². The molecule has 19 heavy (non-hydrogen) atoms. The van der Waals surface area contributed by atoms with Crippen molar-refractivity contribution in [3.63, 3.8) is 0 Å². The van der Waals surface area contributed by atoms with Crippen LogP contribution in [0.5, 0.6) is 0 Å². The highest BCUT2D eigenvalue weighted by molar-refractivity contribution is 7.92. The number of aromatic nitrogens is 1. The minimum atomic E-state index is -1.42. The minimum absolute atomic E-state index is 0. The van der Waals surface area contributed by atoms with E-state index in [1.54, 1.807) is 24.5 Å². The van der Waals surface area contributed by atoms with Crippen molar-refractivity contribution in [2.45, 2.75) is 4.90 Å². The Bertz CT molecular complexity index is 551. The molecule has 100 valence electrons. The van der Waals surface area contributed by atoms with Crippen molar-refractivity contribution in [3.8, 4) is 11.1 Å². The molecule has 0 aliphatic carbocycles. The first-order chi connectivity index (χ1) is 8.68. The van der Waals surface area contributed by atoms with E-state index in [0.29, 0.717) is 4.90 Å². The number of carbonyl (C=O) groups is 1. The third-order valence-electron chi connectivity index (χ3n) is 2.40. The van der Waals surface area contributed by atoms with Gasteiger partial charge in [0, 0.05) is 18.0 Å². The number of rotatable bonds is 4. The lowest BCUT2D eigenvalue weighted by atomic mass is 10.1. The van der Waals surface area contributed by atoms with Crippen LogP contribution >= 0.6 is 12.4 Å². The zero-order valence-electron chi connectivity index (χ0n) is 9.98. The van der Waals surface area contributed by atoms with E-state index >= 15 is 0 Å². The molecular weight excluding hydrogens is 284 g/mol. The molecule has 0 bridgehead atoms. The third-order valence-corrected chi connectivity index (χ3v) is 3.79. The number of nitrogens with two attached hydrogens (primary N) is 1. The summed E-state index contributed by atoms with van der Waals surface area (Å²) in [6.07, 6.45) is 3.34. The average Bonchev–Trinajstić information content (AvgIpc) is 2.39. The zero-order chi connectivity index (χ0) is 13.0. The maximum atomic E-state index is 12.0. The normalized spacial score (nSPS) is 11.4. The van der Waals surface area contributed by atoms with Gasteiger partial charge >= 0.3 is 0 Å². The Morgan fingerprint density at radius 2 is 1.84 bits per heavy atom. The molecule has 0 fully saturated rings. The second-order valence-electron chi connectivity index (χ2n) is 3.69. The minimum Gasteiger partial charge on any atom is -0.611 e. The molecule has 0 aliphatic rings. The Hall–Kier alpha value is -1.56. The van der Waals surface area contributed by atoms with Gasteiger partial charge in [0.15, 0.2) is 10.6 Å². The van der Waals surface area contributed by atoms with Crippen LogP contribution in [0, 0.1) is 0 Å². The molecular formula is C13H13ClN2O2S. The van der Waals surface area contributed by atoms with Crippen LogP contribution in [-0.2, 0) is 16.0 Å². The summed E-state index contributed by atoms with van der Waals surface area (Å²) < 4.78 is 12.0. The number of hydrogen-bond donors (Lipinski definition) is 1. The van der Waals surface area contributed by atoms with Crippen LogP contribution in [-0.4, -0.2) is 21.2 Å². The van der Waals surface area contributed by atoms with E-state index in [-0.39, 0.29) is 18.2 Å². The molecule has 4 nitrogen and oxygen atoms in total. The van der Waals surface area contributed by atoms with Crippen LogP contribution in [0.2, 0.25) is 0 Å². The quantitative estimate of drug-likeness (QED) is 0.873. The van der Waals surface area contributed by atoms with Crippen LogP contribution in [0.1, 0.15) is 0 Å². The number of pyridine rings is 1. The lowest BCUT2D eigenvalue weighted by Gasteiger charge is -2.12. The molecule has 0 aliphatic heterocycles. The molecule has 2 N–H and O–H groups in total. The maximum absolute atomic E-state index is 12.0. The van der Waals surface area contributed by atoms with Gasteiger partial charge in [0.1, 0.15) is 0 Å². The second-order valence-corrected chi connectivity index (χ2v) is 5.11. The van der Waals surface area contributed by atoms with Crippen molar-refractivity contribution < 1.29 is 9.35 Å². The highest BCUT2D eigenvalue weighted by Gasteiger charge is 2.18. The van der Waals surface area contributed by atoms with Crippen LogP contribution in [0.4, 0.5) is 0 Å². The summed E-state index contributed by atoms with van der Waals surface area (Å²) >= 11 is -1.42. The Balaban J connectivity index is 0.00000180. The van der Waals surface area contributed by atoms with Gasteiger partial charge in [-0.25, -0.2) is 0 Å². The predicted molar refractivity (Wildman–Crippen MR) is 77.4 cm³/mol. The molecule has 2 aromatic rings. The molecule has 2 rings (SSSR count). The first-order valence-electron chi connectivity index (χ1n) is 5.34. The molecule has 1 amide bonds. The Labute approximate surface area is 120 Å². The summed E-state index contributed by atoms with van der Waals surface area (Å²) in [5.74, 6) is -0.736. The van der Waals surface area contributed by atoms with Crippen molar-refractivity contribution in [1.82, 2.24) is 4.98 Å². The fourth-order valence-electron chi connectivity index (χ4n) is 1.64. The molecule has 1 heterocycles. The van der Waals surface area contributed by atoms with Crippen molar-refractivity contribution in [3.05, 3.63) is 48.8 Å². The van der Waals surface area contributed by atoms with Crippen LogP contribution < -0.4 is 5.73 Å². The Kier molecular flexibility index (Phi) is 5.82. The number of halogens is 1. The Morgan fingerprint density at radius 3 is 2.47 bits per heavy atom. The van der Waals surface area contributed by atoms with E-state index in [2.05, 4.69) is 4.98 Å². The van der Waals surface area contributed by atoms with E-state index in [1.165, 1.54) is 0 Å². The summed E-state index contributed by atoms with van der Waals surface area (Å²) in [5.41, 5.74) is 6.83. The topological polar surface area (TPSA) is 79.0 Å². The first-order valence-corrected chi connectivity index (χ1v) is 6.66. The number of benzene rings is 1. The van der Waals surface area contributed by atoms with Gasteiger partial charge in [-0.2, -0.15) is 0 Å². The van der Waals surface area contributed by atoms with Gasteiger partial charge in [-0.1, -0.05) is 12.1 Å². The second kappa shape index (κ2) is 7.13.